The fourth-order valence-corrected chi connectivity index (χ4v) is 2.35. The van der Waals surface area contributed by atoms with Crippen molar-refractivity contribution in [2.75, 3.05) is 0 Å². The topological polar surface area (TPSA) is 69.4 Å². The van der Waals surface area contributed by atoms with E-state index in [4.69, 9.17) is 4.74 Å². The number of carbonyl (C=O) groups excluding carboxylic acids is 1. The highest BCUT2D eigenvalue weighted by molar-refractivity contribution is 9.10. The number of hydrogen-bond acceptors (Lipinski definition) is 4. The van der Waals surface area contributed by atoms with Crippen LogP contribution >= 0.6 is 15.9 Å². The van der Waals surface area contributed by atoms with Gasteiger partial charge in [0.15, 0.2) is 5.78 Å². The third-order valence-corrected chi connectivity index (χ3v) is 3.40. The monoisotopic (exact) mass is 349 g/mol. The second-order valence-corrected chi connectivity index (χ2v) is 5.42. The van der Waals surface area contributed by atoms with Crippen molar-refractivity contribution in [2.24, 2.45) is 0 Å². The molecule has 0 amide bonds. The van der Waals surface area contributed by atoms with Gasteiger partial charge >= 0.3 is 0 Å². The Hall–Kier alpha value is -2.21. The molecule has 2 aromatic carbocycles. The Morgan fingerprint density at radius 2 is 1.95 bits per heavy atom. The lowest BCUT2D eigenvalue weighted by atomic mass is 10.1. The van der Waals surface area contributed by atoms with Crippen LogP contribution in [0.2, 0.25) is 0 Å². The lowest BCUT2D eigenvalue weighted by molar-refractivity contribution is -0.385. The Kier molecular flexibility index (Phi) is 4.37. The number of aryl methyl sites for hydroxylation is 1. The minimum atomic E-state index is -0.585. The molecule has 2 rings (SSSR count). The first-order valence-corrected chi connectivity index (χ1v) is 6.91. The van der Waals surface area contributed by atoms with Crippen molar-refractivity contribution in [1.29, 1.82) is 0 Å². The summed E-state index contributed by atoms with van der Waals surface area (Å²) in [5, 5.41) is 11.0. The summed E-state index contributed by atoms with van der Waals surface area (Å²) < 4.78 is 6.57. The molecule has 0 saturated carbocycles. The van der Waals surface area contributed by atoms with E-state index < -0.39 is 4.92 Å². The second kappa shape index (κ2) is 6.05. The second-order valence-electron chi connectivity index (χ2n) is 4.50. The number of rotatable bonds is 4. The van der Waals surface area contributed by atoms with Crippen molar-refractivity contribution in [1.82, 2.24) is 0 Å². The zero-order chi connectivity index (χ0) is 15.6. The van der Waals surface area contributed by atoms with Crippen LogP contribution in [-0.4, -0.2) is 10.7 Å². The van der Waals surface area contributed by atoms with Crippen LogP contribution in [0.4, 0.5) is 5.69 Å². The molecule has 0 saturated heterocycles. The van der Waals surface area contributed by atoms with Crippen molar-refractivity contribution in [3.05, 3.63) is 62.1 Å². The van der Waals surface area contributed by atoms with Gasteiger partial charge in [-0.2, -0.15) is 0 Å². The molecule has 2 aromatic rings. The van der Waals surface area contributed by atoms with Gasteiger partial charge in [-0.15, -0.1) is 0 Å². The van der Waals surface area contributed by atoms with Gasteiger partial charge in [-0.25, -0.2) is 0 Å². The van der Waals surface area contributed by atoms with Crippen molar-refractivity contribution in [3.63, 3.8) is 0 Å². The first-order valence-electron chi connectivity index (χ1n) is 6.12. The maximum absolute atomic E-state index is 11.4. The molecule has 0 aliphatic rings. The Morgan fingerprint density at radius 1 is 1.24 bits per heavy atom. The molecule has 0 radical (unpaired) electrons. The number of nitrogens with zero attached hydrogens (tertiary/aromatic N) is 1. The van der Waals surface area contributed by atoms with E-state index in [0.29, 0.717) is 11.5 Å². The predicted octanol–water partition coefficient (Wildman–Crippen LogP) is 4.66. The van der Waals surface area contributed by atoms with Crippen molar-refractivity contribution >= 4 is 27.4 Å². The van der Waals surface area contributed by atoms with Crippen LogP contribution in [0.5, 0.6) is 11.5 Å². The Morgan fingerprint density at radius 3 is 2.52 bits per heavy atom. The highest BCUT2D eigenvalue weighted by Gasteiger charge is 2.18. The average Bonchev–Trinajstić information content (AvgIpc) is 2.41. The van der Waals surface area contributed by atoms with Crippen LogP contribution in [0.1, 0.15) is 22.8 Å². The number of ether oxygens (including phenoxy) is 1. The third kappa shape index (κ3) is 3.46. The number of hydrogen-bond donors (Lipinski definition) is 0. The Bertz CT molecular complexity index is 728. The summed E-state index contributed by atoms with van der Waals surface area (Å²) >= 11 is 3.36. The van der Waals surface area contributed by atoms with Crippen LogP contribution in [0.25, 0.3) is 0 Å². The lowest BCUT2D eigenvalue weighted by Crippen LogP contribution is -2.00. The number of Topliss-reactive ketones (excluding diaryl/α,β-unsaturated/α-hetero) is 1. The summed E-state index contributed by atoms with van der Waals surface area (Å²) in [5.74, 6) is 0.563. The summed E-state index contributed by atoms with van der Waals surface area (Å²) in [7, 11) is 0. The quantitative estimate of drug-likeness (QED) is 0.457. The number of benzene rings is 2. The molecular weight excluding hydrogens is 338 g/mol. The van der Waals surface area contributed by atoms with E-state index in [-0.39, 0.29) is 17.0 Å². The van der Waals surface area contributed by atoms with Gasteiger partial charge < -0.3 is 4.74 Å². The number of carbonyl (C=O) groups is 1. The fraction of sp³-hybridized carbons (Fsp3) is 0.133. The smallest absolute Gasteiger partial charge is 0.283 e. The normalized spacial score (nSPS) is 10.2. The summed E-state index contributed by atoms with van der Waals surface area (Å²) in [6, 6.07) is 9.69. The molecule has 108 valence electrons. The van der Waals surface area contributed by atoms with Gasteiger partial charge in [0.05, 0.1) is 16.6 Å². The maximum atomic E-state index is 11.4. The molecule has 0 fully saturated rings. The minimum absolute atomic E-state index is 0.0693. The highest BCUT2D eigenvalue weighted by atomic mass is 79.9. The molecule has 0 bridgehead atoms. The summed E-state index contributed by atoms with van der Waals surface area (Å²) in [6.45, 7) is 3.17. The number of halogens is 1. The van der Waals surface area contributed by atoms with Gasteiger partial charge in [0.2, 0.25) is 0 Å². The molecular formula is C15H12BrNO4. The Balaban J connectivity index is 2.39. The van der Waals surface area contributed by atoms with E-state index in [1.165, 1.54) is 19.1 Å². The van der Waals surface area contributed by atoms with E-state index in [0.717, 1.165) is 10.0 Å². The summed E-state index contributed by atoms with van der Waals surface area (Å²) in [6.07, 6.45) is 0. The van der Waals surface area contributed by atoms with Gasteiger partial charge in [0.25, 0.3) is 5.69 Å². The van der Waals surface area contributed by atoms with Gasteiger partial charge in [0, 0.05) is 4.47 Å². The first-order chi connectivity index (χ1) is 9.88. The summed E-state index contributed by atoms with van der Waals surface area (Å²) in [4.78, 5) is 21.8. The molecule has 0 heterocycles. The molecule has 0 aromatic heterocycles. The van der Waals surface area contributed by atoms with E-state index in [1.807, 2.05) is 19.1 Å². The standard InChI is InChI=1S/C15H12BrNO4/c1-9-7-11(16)3-6-15(9)21-12-4-5-13(10(2)18)14(8-12)17(19)20/h3-8H,1-2H3. The fourth-order valence-electron chi connectivity index (χ4n) is 1.88. The highest BCUT2D eigenvalue weighted by Crippen LogP contribution is 2.31. The summed E-state index contributed by atoms with van der Waals surface area (Å²) in [5.41, 5.74) is 0.706. The molecule has 0 unspecified atom stereocenters. The largest absolute Gasteiger partial charge is 0.457 e. The molecule has 0 aliphatic carbocycles. The number of nitro groups is 1. The Labute approximate surface area is 129 Å². The zero-order valence-corrected chi connectivity index (χ0v) is 13.0. The maximum Gasteiger partial charge on any atom is 0.283 e. The van der Waals surface area contributed by atoms with E-state index in [1.54, 1.807) is 12.1 Å². The van der Waals surface area contributed by atoms with Crippen LogP contribution in [-0.2, 0) is 0 Å². The molecule has 5 nitrogen and oxygen atoms in total. The average molecular weight is 350 g/mol. The van der Waals surface area contributed by atoms with Gasteiger partial charge in [0.1, 0.15) is 11.5 Å². The van der Waals surface area contributed by atoms with Gasteiger partial charge in [-0.05, 0) is 49.7 Å². The van der Waals surface area contributed by atoms with Crippen molar-refractivity contribution in [2.45, 2.75) is 13.8 Å². The molecule has 0 spiro atoms. The predicted molar refractivity (Wildman–Crippen MR) is 82.1 cm³/mol. The van der Waals surface area contributed by atoms with Crippen LogP contribution in [0, 0.1) is 17.0 Å². The van der Waals surface area contributed by atoms with Crippen molar-refractivity contribution in [3.8, 4) is 11.5 Å². The lowest BCUT2D eigenvalue weighted by Gasteiger charge is -2.09. The molecule has 0 aliphatic heterocycles. The number of ketones is 1. The number of nitro benzene ring substituents is 1. The van der Waals surface area contributed by atoms with Crippen LogP contribution in [0.15, 0.2) is 40.9 Å². The van der Waals surface area contributed by atoms with Gasteiger partial charge in [-0.1, -0.05) is 15.9 Å². The first kappa shape index (κ1) is 15.2. The van der Waals surface area contributed by atoms with Crippen molar-refractivity contribution < 1.29 is 14.5 Å². The zero-order valence-electron chi connectivity index (χ0n) is 11.4. The van der Waals surface area contributed by atoms with Gasteiger partial charge in [-0.3, -0.25) is 14.9 Å². The molecule has 21 heavy (non-hydrogen) atoms. The molecule has 0 N–H and O–H groups in total. The molecule has 6 heteroatoms. The van der Waals surface area contributed by atoms with Crippen LogP contribution in [0.3, 0.4) is 0 Å². The SMILES string of the molecule is CC(=O)c1ccc(Oc2ccc(Br)cc2C)cc1[N+](=O)[O-]. The minimum Gasteiger partial charge on any atom is -0.457 e. The molecule has 0 atom stereocenters. The van der Waals surface area contributed by atoms with Crippen LogP contribution < -0.4 is 4.74 Å². The van der Waals surface area contributed by atoms with E-state index in [2.05, 4.69) is 15.9 Å². The van der Waals surface area contributed by atoms with E-state index in [9.17, 15) is 14.9 Å². The van der Waals surface area contributed by atoms with E-state index >= 15 is 0 Å². The third-order valence-electron chi connectivity index (χ3n) is 2.91.